The quantitative estimate of drug-likeness (QED) is 0.777. The first kappa shape index (κ1) is 11.1. The molecule has 0 fully saturated rings. The second kappa shape index (κ2) is 4.61. The molecule has 1 aromatic heterocycles. The number of carbonyl (C=O) groups is 1. The van der Waals surface area contributed by atoms with Crippen molar-refractivity contribution >= 4 is 17.3 Å². The molecule has 0 saturated carbocycles. The molecule has 0 bridgehead atoms. The Morgan fingerprint density at radius 2 is 2.18 bits per heavy atom. The van der Waals surface area contributed by atoms with Gasteiger partial charge in [0.05, 0.1) is 17.4 Å². The molecule has 5 heteroatoms. The molecule has 2 aromatic rings. The second-order valence-electron chi connectivity index (χ2n) is 3.44. The molecule has 0 radical (unpaired) electrons. The standard InChI is InChI=1S/C12H10FN3O/c13-11-6-8(14)3-4-10(11)12(17)16-9-2-1-5-15-7-9/h1-7H,14H2,(H,16,17). The largest absolute Gasteiger partial charge is 0.399 e. The fraction of sp³-hybridized carbons (Fsp3) is 0. The van der Waals surface area contributed by atoms with Crippen LogP contribution in [-0.4, -0.2) is 10.9 Å². The number of anilines is 2. The molecule has 0 aliphatic carbocycles. The van der Waals surface area contributed by atoms with Gasteiger partial charge in [0.25, 0.3) is 5.91 Å². The van der Waals surface area contributed by atoms with Crippen molar-refractivity contribution < 1.29 is 9.18 Å². The molecule has 4 nitrogen and oxygen atoms in total. The summed E-state index contributed by atoms with van der Waals surface area (Å²) in [7, 11) is 0. The van der Waals surface area contributed by atoms with E-state index in [9.17, 15) is 9.18 Å². The van der Waals surface area contributed by atoms with Gasteiger partial charge in [-0.3, -0.25) is 9.78 Å². The Morgan fingerprint density at radius 1 is 1.35 bits per heavy atom. The lowest BCUT2D eigenvalue weighted by Crippen LogP contribution is -2.14. The van der Waals surface area contributed by atoms with Gasteiger partial charge in [-0.25, -0.2) is 4.39 Å². The zero-order chi connectivity index (χ0) is 12.3. The lowest BCUT2D eigenvalue weighted by molar-refractivity contribution is 0.102. The first-order valence-electron chi connectivity index (χ1n) is 4.93. The Bertz CT molecular complexity index is 543. The first-order chi connectivity index (χ1) is 8.16. The van der Waals surface area contributed by atoms with Gasteiger partial charge in [-0.1, -0.05) is 0 Å². The number of halogens is 1. The second-order valence-corrected chi connectivity index (χ2v) is 3.44. The zero-order valence-corrected chi connectivity index (χ0v) is 8.85. The van der Waals surface area contributed by atoms with E-state index < -0.39 is 11.7 Å². The SMILES string of the molecule is Nc1ccc(C(=O)Nc2cccnc2)c(F)c1. The van der Waals surface area contributed by atoms with Crippen molar-refractivity contribution in [2.45, 2.75) is 0 Å². The van der Waals surface area contributed by atoms with Crippen LogP contribution >= 0.6 is 0 Å². The van der Waals surface area contributed by atoms with Gasteiger partial charge in [-0.05, 0) is 30.3 Å². The molecule has 17 heavy (non-hydrogen) atoms. The highest BCUT2D eigenvalue weighted by molar-refractivity contribution is 6.04. The van der Waals surface area contributed by atoms with E-state index in [0.29, 0.717) is 5.69 Å². The summed E-state index contributed by atoms with van der Waals surface area (Å²) in [5.74, 6) is -1.18. The minimum atomic E-state index is -0.647. The number of nitrogens with two attached hydrogens (primary N) is 1. The third-order valence-electron chi connectivity index (χ3n) is 2.16. The van der Waals surface area contributed by atoms with Crippen molar-refractivity contribution in [3.63, 3.8) is 0 Å². The van der Waals surface area contributed by atoms with Crippen molar-refractivity contribution in [1.29, 1.82) is 0 Å². The van der Waals surface area contributed by atoms with Gasteiger partial charge in [-0.2, -0.15) is 0 Å². The molecule has 0 saturated heterocycles. The maximum absolute atomic E-state index is 13.4. The van der Waals surface area contributed by atoms with Gasteiger partial charge < -0.3 is 11.1 Å². The van der Waals surface area contributed by atoms with E-state index in [4.69, 9.17) is 5.73 Å². The fourth-order valence-electron chi connectivity index (χ4n) is 1.35. The molecule has 2 rings (SSSR count). The molecule has 0 spiro atoms. The summed E-state index contributed by atoms with van der Waals surface area (Å²) in [6.07, 6.45) is 3.06. The lowest BCUT2D eigenvalue weighted by Gasteiger charge is -2.05. The minimum Gasteiger partial charge on any atom is -0.399 e. The third kappa shape index (κ3) is 2.57. The minimum absolute atomic E-state index is 0.0527. The highest BCUT2D eigenvalue weighted by atomic mass is 19.1. The van der Waals surface area contributed by atoms with Crippen molar-refractivity contribution in [3.8, 4) is 0 Å². The number of hydrogen-bond acceptors (Lipinski definition) is 3. The number of nitrogens with one attached hydrogen (secondary N) is 1. The Kier molecular flexibility index (Phi) is 3.00. The molecule has 0 aliphatic heterocycles. The number of rotatable bonds is 2. The molecule has 3 N–H and O–H groups in total. The van der Waals surface area contributed by atoms with Crippen LogP contribution in [0.3, 0.4) is 0 Å². The number of pyridine rings is 1. The van der Waals surface area contributed by atoms with Crippen LogP contribution in [0.1, 0.15) is 10.4 Å². The zero-order valence-electron chi connectivity index (χ0n) is 8.85. The number of nitrogen functional groups attached to an aromatic ring is 1. The van der Waals surface area contributed by atoms with Crippen molar-refractivity contribution in [3.05, 3.63) is 54.1 Å². The Hall–Kier alpha value is -2.43. The van der Waals surface area contributed by atoms with Crippen LogP contribution in [0.25, 0.3) is 0 Å². The molecule has 1 aromatic carbocycles. The Morgan fingerprint density at radius 3 is 2.82 bits per heavy atom. The molecular weight excluding hydrogens is 221 g/mol. The van der Waals surface area contributed by atoms with Gasteiger partial charge in [0, 0.05) is 11.9 Å². The van der Waals surface area contributed by atoms with E-state index in [2.05, 4.69) is 10.3 Å². The molecule has 0 unspecified atom stereocenters. The van der Waals surface area contributed by atoms with Crippen molar-refractivity contribution in [2.75, 3.05) is 11.1 Å². The summed E-state index contributed by atoms with van der Waals surface area (Å²) in [5.41, 5.74) is 6.13. The van der Waals surface area contributed by atoms with Crippen LogP contribution in [0.2, 0.25) is 0 Å². The molecular formula is C12H10FN3O. The van der Waals surface area contributed by atoms with Crippen LogP contribution in [0.4, 0.5) is 15.8 Å². The Labute approximate surface area is 97.3 Å². The third-order valence-corrected chi connectivity index (χ3v) is 2.16. The van der Waals surface area contributed by atoms with Gasteiger partial charge in [0.2, 0.25) is 0 Å². The monoisotopic (exact) mass is 231 g/mol. The Balaban J connectivity index is 2.21. The maximum atomic E-state index is 13.4. The number of nitrogens with zero attached hydrogens (tertiary/aromatic N) is 1. The highest BCUT2D eigenvalue weighted by Crippen LogP contribution is 2.13. The van der Waals surface area contributed by atoms with Crippen LogP contribution in [0, 0.1) is 5.82 Å². The lowest BCUT2D eigenvalue weighted by atomic mass is 10.2. The highest BCUT2D eigenvalue weighted by Gasteiger charge is 2.11. The van der Waals surface area contributed by atoms with E-state index in [0.717, 1.165) is 6.07 Å². The summed E-state index contributed by atoms with van der Waals surface area (Å²) >= 11 is 0. The van der Waals surface area contributed by atoms with Crippen molar-refractivity contribution in [1.82, 2.24) is 4.98 Å². The summed E-state index contributed by atoms with van der Waals surface area (Å²) < 4.78 is 13.4. The summed E-state index contributed by atoms with van der Waals surface area (Å²) in [6.45, 7) is 0. The molecule has 0 aliphatic rings. The summed E-state index contributed by atoms with van der Waals surface area (Å²) in [4.78, 5) is 15.6. The molecule has 86 valence electrons. The summed E-state index contributed by atoms with van der Waals surface area (Å²) in [6, 6.07) is 7.27. The average molecular weight is 231 g/mol. The topological polar surface area (TPSA) is 68.0 Å². The normalized spacial score (nSPS) is 9.94. The van der Waals surface area contributed by atoms with Crippen LogP contribution in [0.5, 0.6) is 0 Å². The van der Waals surface area contributed by atoms with Crippen LogP contribution < -0.4 is 11.1 Å². The molecule has 1 amide bonds. The number of benzene rings is 1. The van der Waals surface area contributed by atoms with Gasteiger partial charge in [-0.15, -0.1) is 0 Å². The van der Waals surface area contributed by atoms with E-state index >= 15 is 0 Å². The fourth-order valence-corrected chi connectivity index (χ4v) is 1.35. The van der Waals surface area contributed by atoms with Crippen molar-refractivity contribution in [2.24, 2.45) is 0 Å². The van der Waals surface area contributed by atoms with E-state index in [-0.39, 0.29) is 11.3 Å². The first-order valence-corrected chi connectivity index (χ1v) is 4.93. The number of hydrogen-bond donors (Lipinski definition) is 2. The number of carbonyl (C=O) groups excluding carboxylic acids is 1. The maximum Gasteiger partial charge on any atom is 0.258 e. The van der Waals surface area contributed by atoms with E-state index in [1.807, 2.05) is 0 Å². The van der Waals surface area contributed by atoms with Crippen LogP contribution in [-0.2, 0) is 0 Å². The smallest absolute Gasteiger partial charge is 0.258 e. The number of aromatic nitrogens is 1. The van der Waals surface area contributed by atoms with E-state index in [1.54, 1.807) is 18.3 Å². The summed E-state index contributed by atoms with van der Waals surface area (Å²) in [5, 5.41) is 2.54. The van der Waals surface area contributed by atoms with Gasteiger partial charge in [0.1, 0.15) is 5.82 Å². The van der Waals surface area contributed by atoms with Gasteiger partial charge >= 0.3 is 0 Å². The average Bonchev–Trinajstić information content (AvgIpc) is 2.30. The van der Waals surface area contributed by atoms with E-state index in [1.165, 1.54) is 18.3 Å². The predicted molar refractivity (Wildman–Crippen MR) is 63.0 cm³/mol. The van der Waals surface area contributed by atoms with Gasteiger partial charge in [0.15, 0.2) is 0 Å². The molecule has 0 atom stereocenters. The predicted octanol–water partition coefficient (Wildman–Crippen LogP) is 2.06. The number of amides is 1. The molecule has 1 heterocycles. The van der Waals surface area contributed by atoms with Crippen LogP contribution in [0.15, 0.2) is 42.7 Å².